The summed E-state index contributed by atoms with van der Waals surface area (Å²) in [6.07, 6.45) is 2.24. The van der Waals surface area contributed by atoms with E-state index in [4.69, 9.17) is 9.47 Å². The molecule has 0 spiro atoms. The molecule has 3 aromatic rings. The van der Waals surface area contributed by atoms with Gasteiger partial charge in [-0.25, -0.2) is 5.43 Å². The highest BCUT2D eigenvalue weighted by atomic mass is 16.6. The third kappa shape index (κ3) is 6.60. The topological polar surface area (TPSA) is 146 Å². The van der Waals surface area contributed by atoms with Gasteiger partial charge in [-0.05, 0) is 65.6 Å². The number of carbonyl (C=O) groups excluding carboxylic acids is 1. The summed E-state index contributed by atoms with van der Waals surface area (Å²) in [6, 6.07) is 16.3. The van der Waals surface area contributed by atoms with Crippen molar-refractivity contribution in [3.8, 4) is 17.2 Å². The molecule has 1 amide bonds. The molecule has 0 unspecified atom stereocenters. The zero-order valence-electron chi connectivity index (χ0n) is 22.6. The van der Waals surface area contributed by atoms with Gasteiger partial charge in [-0.1, -0.05) is 45.0 Å². The minimum Gasteiger partial charge on any atom is -0.490 e. The largest absolute Gasteiger partial charge is 0.490 e. The van der Waals surface area contributed by atoms with Crippen LogP contribution in [0.4, 0.5) is 11.4 Å². The van der Waals surface area contributed by atoms with Gasteiger partial charge in [-0.15, -0.1) is 0 Å². The quantitative estimate of drug-likeness (QED) is 0.180. The Kier molecular flexibility index (Phi) is 8.13. The summed E-state index contributed by atoms with van der Waals surface area (Å²) >= 11 is 0. The fourth-order valence-corrected chi connectivity index (χ4v) is 4.26. The number of amides is 1. The second-order valence-electron chi connectivity index (χ2n) is 10.5. The summed E-state index contributed by atoms with van der Waals surface area (Å²) in [6.45, 7) is 8.54. The summed E-state index contributed by atoms with van der Waals surface area (Å²) in [5, 5.41) is 26.5. The third-order valence-electron chi connectivity index (χ3n) is 6.56. The molecule has 0 radical (unpaired) electrons. The van der Waals surface area contributed by atoms with Gasteiger partial charge in [0.05, 0.1) is 28.7 Å². The van der Waals surface area contributed by atoms with E-state index in [-0.39, 0.29) is 47.0 Å². The molecule has 11 heteroatoms. The summed E-state index contributed by atoms with van der Waals surface area (Å²) in [4.78, 5) is 33.6. The molecule has 1 fully saturated rings. The first-order valence-corrected chi connectivity index (χ1v) is 12.8. The predicted octanol–water partition coefficient (Wildman–Crippen LogP) is 6.25. The molecular weight excluding hydrogens is 516 g/mol. The van der Waals surface area contributed by atoms with Gasteiger partial charge in [0.15, 0.2) is 11.5 Å². The number of nitrogens with one attached hydrogen (secondary N) is 1. The van der Waals surface area contributed by atoms with E-state index >= 15 is 0 Å². The second-order valence-corrected chi connectivity index (χ2v) is 10.5. The van der Waals surface area contributed by atoms with Crippen molar-refractivity contribution in [1.29, 1.82) is 0 Å². The van der Waals surface area contributed by atoms with E-state index < -0.39 is 21.2 Å². The van der Waals surface area contributed by atoms with Crippen LogP contribution >= 0.6 is 0 Å². The van der Waals surface area contributed by atoms with Crippen LogP contribution in [-0.4, -0.2) is 28.6 Å². The highest BCUT2D eigenvalue weighted by molar-refractivity contribution is 5.86. The molecule has 1 aliphatic carbocycles. The molecule has 4 rings (SSSR count). The Balaban J connectivity index is 1.41. The van der Waals surface area contributed by atoms with Crippen molar-refractivity contribution in [2.75, 3.05) is 6.61 Å². The average molecular weight is 547 g/mol. The minimum atomic E-state index is -0.752. The Morgan fingerprint density at radius 3 is 2.33 bits per heavy atom. The maximum atomic E-state index is 12.6. The van der Waals surface area contributed by atoms with Crippen molar-refractivity contribution in [3.63, 3.8) is 0 Å². The first kappa shape index (κ1) is 28.2. The van der Waals surface area contributed by atoms with E-state index in [2.05, 4.69) is 55.6 Å². The van der Waals surface area contributed by atoms with Crippen molar-refractivity contribution in [2.24, 2.45) is 11.0 Å². The van der Waals surface area contributed by atoms with Crippen LogP contribution in [0, 0.1) is 26.1 Å². The highest BCUT2D eigenvalue weighted by Crippen LogP contribution is 2.47. The Morgan fingerprint density at radius 2 is 1.70 bits per heavy atom. The molecule has 1 saturated carbocycles. The number of carbonyl (C=O) groups is 1. The summed E-state index contributed by atoms with van der Waals surface area (Å²) in [7, 11) is 0. The van der Waals surface area contributed by atoms with Gasteiger partial charge >= 0.3 is 5.69 Å². The number of nitro groups is 2. The van der Waals surface area contributed by atoms with Gasteiger partial charge in [-0.2, -0.15) is 5.10 Å². The lowest BCUT2D eigenvalue weighted by Crippen LogP contribution is -2.20. The van der Waals surface area contributed by atoms with Crippen molar-refractivity contribution in [3.05, 3.63) is 97.6 Å². The lowest BCUT2D eigenvalue weighted by atomic mass is 9.86. The maximum absolute atomic E-state index is 12.6. The molecule has 0 aliphatic heterocycles. The molecule has 0 heterocycles. The molecule has 40 heavy (non-hydrogen) atoms. The second kappa shape index (κ2) is 11.5. The van der Waals surface area contributed by atoms with Crippen LogP contribution in [-0.2, 0) is 10.2 Å². The van der Waals surface area contributed by atoms with Crippen molar-refractivity contribution < 1.29 is 24.1 Å². The number of nitro benzene ring substituents is 2. The summed E-state index contributed by atoms with van der Waals surface area (Å²) in [5.41, 5.74) is 4.68. The molecule has 208 valence electrons. The Morgan fingerprint density at radius 1 is 1.00 bits per heavy atom. The zero-order valence-corrected chi connectivity index (χ0v) is 22.6. The number of nitrogens with zero attached hydrogens (tertiary/aromatic N) is 3. The van der Waals surface area contributed by atoms with E-state index in [1.807, 2.05) is 0 Å². The van der Waals surface area contributed by atoms with E-state index in [1.54, 1.807) is 19.1 Å². The third-order valence-corrected chi connectivity index (χ3v) is 6.56. The Hall–Kier alpha value is -4.80. The van der Waals surface area contributed by atoms with Crippen molar-refractivity contribution in [2.45, 2.75) is 45.4 Å². The standard InChI is InChI=1S/C29H30N4O7/c1-5-39-27-14-18(6-12-26(27)40-25-13-11-21(32(35)36)15-24(25)33(37)38)17-30-31-28(34)23-16-22(23)19-7-9-20(10-8-19)29(2,3)4/h6-15,17,22-23H,5,16H2,1-4H3,(H,31,34)/b30-17-/t22-,23+/m1/s1. The molecule has 0 aromatic heterocycles. The van der Waals surface area contributed by atoms with Gasteiger partial charge in [-0.3, -0.25) is 25.0 Å². The van der Waals surface area contributed by atoms with Crippen molar-refractivity contribution in [1.82, 2.24) is 5.43 Å². The van der Waals surface area contributed by atoms with Crippen LogP contribution < -0.4 is 14.9 Å². The fraction of sp³-hybridized carbons (Fsp3) is 0.310. The first-order valence-electron chi connectivity index (χ1n) is 12.8. The van der Waals surface area contributed by atoms with Crippen LogP contribution in [0.3, 0.4) is 0 Å². The smallest absolute Gasteiger partial charge is 0.318 e. The first-order chi connectivity index (χ1) is 19.0. The summed E-state index contributed by atoms with van der Waals surface area (Å²) in [5.74, 6) is 0.178. The number of hydrogen-bond acceptors (Lipinski definition) is 8. The zero-order chi connectivity index (χ0) is 29.0. The SMILES string of the molecule is CCOc1cc(/C=N\NC(=O)[C@H]2C[C@@H]2c2ccc(C(C)(C)C)cc2)ccc1Oc1ccc([N+](=O)[O-])cc1[N+](=O)[O-]. The van der Waals surface area contributed by atoms with Gasteiger partial charge in [0.25, 0.3) is 5.69 Å². The number of benzene rings is 3. The number of rotatable bonds is 10. The monoisotopic (exact) mass is 546 g/mol. The Labute approximate surface area is 231 Å². The van der Waals surface area contributed by atoms with Gasteiger partial charge in [0.2, 0.25) is 11.7 Å². The lowest BCUT2D eigenvalue weighted by Gasteiger charge is -2.19. The van der Waals surface area contributed by atoms with E-state index in [0.29, 0.717) is 5.56 Å². The molecule has 0 saturated heterocycles. The van der Waals surface area contributed by atoms with Crippen LogP contribution in [0.1, 0.15) is 56.7 Å². The molecule has 1 N–H and O–H groups in total. The van der Waals surface area contributed by atoms with E-state index in [0.717, 1.165) is 24.1 Å². The number of non-ortho nitro benzene ring substituents is 1. The van der Waals surface area contributed by atoms with E-state index in [1.165, 1.54) is 23.9 Å². The lowest BCUT2D eigenvalue weighted by molar-refractivity contribution is -0.394. The highest BCUT2D eigenvalue weighted by Gasteiger charge is 2.44. The van der Waals surface area contributed by atoms with E-state index in [9.17, 15) is 25.0 Å². The molecular formula is C29H30N4O7. The van der Waals surface area contributed by atoms with Gasteiger partial charge in [0.1, 0.15) is 0 Å². The molecule has 0 bridgehead atoms. The summed E-state index contributed by atoms with van der Waals surface area (Å²) < 4.78 is 11.3. The molecule has 2 atom stereocenters. The normalized spacial score (nSPS) is 16.4. The molecule has 11 nitrogen and oxygen atoms in total. The van der Waals surface area contributed by atoms with Crippen LogP contribution in [0.15, 0.2) is 65.8 Å². The number of hydrazone groups is 1. The molecule has 1 aliphatic rings. The van der Waals surface area contributed by atoms with Crippen molar-refractivity contribution >= 4 is 23.5 Å². The van der Waals surface area contributed by atoms with Gasteiger partial charge in [0, 0.05) is 12.0 Å². The molecule has 3 aromatic carbocycles. The average Bonchev–Trinajstić information content (AvgIpc) is 3.71. The van der Waals surface area contributed by atoms with Crippen LogP contribution in [0.5, 0.6) is 17.2 Å². The predicted molar refractivity (Wildman–Crippen MR) is 149 cm³/mol. The maximum Gasteiger partial charge on any atom is 0.318 e. The Bertz CT molecular complexity index is 1460. The fourth-order valence-electron chi connectivity index (χ4n) is 4.26. The van der Waals surface area contributed by atoms with Gasteiger partial charge < -0.3 is 9.47 Å². The van der Waals surface area contributed by atoms with Crippen LogP contribution in [0.25, 0.3) is 0 Å². The number of ether oxygens (including phenoxy) is 2. The minimum absolute atomic E-state index is 0.0720. The number of hydrogen-bond donors (Lipinski definition) is 1. The van der Waals surface area contributed by atoms with Crippen LogP contribution in [0.2, 0.25) is 0 Å².